The number of alkyl halides is 3. The second-order valence-electron chi connectivity index (χ2n) is 15.9. The summed E-state index contributed by atoms with van der Waals surface area (Å²) in [5, 5.41) is 1.13. The molecule has 0 atom stereocenters. The van der Waals surface area contributed by atoms with Crippen LogP contribution in [0, 0.1) is 0 Å². The summed E-state index contributed by atoms with van der Waals surface area (Å²) < 4.78 is 46.0. The summed E-state index contributed by atoms with van der Waals surface area (Å²) in [6.07, 6.45) is -4.50. The van der Waals surface area contributed by atoms with Crippen LogP contribution in [0.4, 0.5) is 47.3 Å². The molecule has 59 heavy (non-hydrogen) atoms. The van der Waals surface area contributed by atoms with Gasteiger partial charge in [-0.2, -0.15) is 13.2 Å². The van der Waals surface area contributed by atoms with Crippen LogP contribution in [0.5, 0.6) is 0 Å². The Labute approximate surface area is 343 Å². The first-order valence-electron chi connectivity index (χ1n) is 19.9. The zero-order valence-electron chi connectivity index (χ0n) is 31.3. The highest BCUT2D eigenvalue weighted by Gasteiger charge is 2.52. The second-order valence-corrected chi connectivity index (χ2v) is 16.9. The van der Waals surface area contributed by atoms with Gasteiger partial charge in [0, 0.05) is 43.3 Å². The molecule has 0 saturated carbocycles. The fraction of sp³-hybridized carbons (Fsp3) is 0.0385. The molecule has 0 radical (unpaired) electrons. The molecule has 0 unspecified atom stereocenters. The number of anilines is 6. The molecule has 278 valence electrons. The Bertz CT molecular complexity index is 3200. The van der Waals surface area contributed by atoms with E-state index in [0.717, 1.165) is 54.2 Å². The number of para-hydroxylation sites is 2. The maximum atomic E-state index is 14.6. The summed E-state index contributed by atoms with van der Waals surface area (Å²) in [5.74, 6) is 0. The van der Waals surface area contributed by atoms with E-state index >= 15 is 0 Å². The monoisotopic (exact) mass is 782 g/mol. The molecule has 0 fully saturated rings. The van der Waals surface area contributed by atoms with Crippen molar-refractivity contribution < 1.29 is 13.2 Å². The minimum Gasteiger partial charge on any atom is -0.311 e. The highest BCUT2D eigenvalue weighted by molar-refractivity contribution is 7.33. The lowest BCUT2D eigenvalue weighted by Gasteiger charge is -2.43. The van der Waals surface area contributed by atoms with Gasteiger partial charge in [0.2, 0.25) is 0 Å². The number of thiophene rings is 1. The molecule has 0 bridgehead atoms. The summed E-state index contributed by atoms with van der Waals surface area (Å²) in [5.41, 5.74) is 16.2. The van der Waals surface area contributed by atoms with Crippen molar-refractivity contribution in [1.29, 1.82) is 0 Å². The van der Waals surface area contributed by atoms with Gasteiger partial charge in [0.25, 0.3) is 6.71 Å². The molecule has 0 N–H and O–H groups in total. The number of halogens is 3. The summed E-state index contributed by atoms with van der Waals surface area (Å²) in [7, 11) is 0. The highest BCUT2D eigenvalue weighted by atomic mass is 32.1. The Morgan fingerprint density at radius 1 is 0.475 bits per heavy atom. The molecule has 3 heterocycles. The zero-order chi connectivity index (χ0) is 39.2. The molecule has 8 aromatic carbocycles. The first-order chi connectivity index (χ1) is 28.9. The lowest BCUT2D eigenvalue weighted by atomic mass is 9.36. The van der Waals surface area contributed by atoms with Gasteiger partial charge in [-0.1, -0.05) is 127 Å². The van der Waals surface area contributed by atoms with Crippen LogP contribution in [0.2, 0.25) is 0 Å². The standard InChI is InChI=1S/C52H30BF3N2S/c54-52(55,56)31-26-27-43-46(28-31)57(32-14-3-1-4-15-32)44-24-13-25-45-48(44)53(43)50-49(58(45)33-16-5-2-6-17-33)38-29-37-36-20-9-12-23-41(36)51(42(37)30-47(38)59-50)39-21-10-7-18-34(39)35-19-8-11-22-40(35)51/h1-30H. The highest BCUT2D eigenvalue weighted by Crippen LogP contribution is 2.64. The van der Waals surface area contributed by atoms with Crippen LogP contribution in [0.25, 0.3) is 32.3 Å². The normalized spacial score (nSPS) is 14.7. The third-order valence-electron chi connectivity index (χ3n) is 13.1. The van der Waals surface area contributed by atoms with Crippen molar-refractivity contribution in [2.24, 2.45) is 0 Å². The lowest BCUT2D eigenvalue weighted by molar-refractivity contribution is -0.137. The van der Waals surface area contributed by atoms with Gasteiger partial charge in [-0.25, -0.2) is 0 Å². The summed E-state index contributed by atoms with van der Waals surface area (Å²) in [4.78, 5) is 4.41. The van der Waals surface area contributed by atoms with Crippen LogP contribution in [0.3, 0.4) is 0 Å². The number of rotatable bonds is 2. The summed E-state index contributed by atoms with van der Waals surface area (Å²) >= 11 is 1.77. The van der Waals surface area contributed by atoms with Crippen molar-refractivity contribution in [2.75, 3.05) is 9.80 Å². The minimum absolute atomic E-state index is 0.296. The molecule has 4 aliphatic rings. The van der Waals surface area contributed by atoms with Crippen molar-refractivity contribution in [2.45, 2.75) is 11.6 Å². The number of nitrogens with zero attached hydrogens (tertiary/aromatic N) is 2. The first-order valence-corrected chi connectivity index (χ1v) is 20.7. The number of benzene rings is 8. The van der Waals surface area contributed by atoms with Crippen molar-refractivity contribution in [3.8, 4) is 22.3 Å². The number of hydrogen-bond acceptors (Lipinski definition) is 3. The van der Waals surface area contributed by atoms with E-state index in [1.54, 1.807) is 17.4 Å². The van der Waals surface area contributed by atoms with Gasteiger partial charge in [0.05, 0.1) is 16.7 Å². The molecule has 0 saturated heterocycles. The Morgan fingerprint density at radius 3 is 1.63 bits per heavy atom. The van der Waals surface area contributed by atoms with Crippen molar-refractivity contribution in [1.82, 2.24) is 0 Å². The van der Waals surface area contributed by atoms with E-state index in [9.17, 15) is 13.2 Å². The van der Waals surface area contributed by atoms with Crippen LogP contribution in [-0.4, -0.2) is 6.71 Å². The van der Waals surface area contributed by atoms with Gasteiger partial charge in [-0.05, 0) is 110 Å². The smallest absolute Gasteiger partial charge is 0.311 e. The molecule has 1 aromatic heterocycles. The SMILES string of the molecule is FC(F)(F)c1ccc2c(c1)N(c1ccccc1)c1cccc3c1B2c1sc2cc4c(cc2c1N3c1ccccc1)-c1ccccc1C41c2ccccc2-c2ccccc21. The molecule has 2 aliphatic heterocycles. The molecule has 0 amide bonds. The van der Waals surface area contributed by atoms with E-state index in [4.69, 9.17) is 0 Å². The van der Waals surface area contributed by atoms with Crippen LogP contribution >= 0.6 is 11.3 Å². The van der Waals surface area contributed by atoms with Crippen LogP contribution in [0.15, 0.2) is 182 Å². The fourth-order valence-electron chi connectivity index (χ4n) is 10.9. The first kappa shape index (κ1) is 33.2. The van der Waals surface area contributed by atoms with Crippen LogP contribution in [0.1, 0.15) is 27.8 Å². The number of hydrogen-bond donors (Lipinski definition) is 0. The third kappa shape index (κ3) is 4.22. The van der Waals surface area contributed by atoms with Gasteiger partial charge in [-0.15, -0.1) is 11.3 Å². The molecule has 2 nitrogen and oxygen atoms in total. The van der Waals surface area contributed by atoms with Crippen molar-refractivity contribution >= 4 is 78.0 Å². The fourth-order valence-corrected chi connectivity index (χ4v) is 12.2. The molecule has 13 rings (SSSR count). The predicted octanol–water partition coefficient (Wildman–Crippen LogP) is 12.3. The lowest BCUT2D eigenvalue weighted by Crippen LogP contribution is -2.60. The average molecular weight is 783 g/mol. The van der Waals surface area contributed by atoms with Gasteiger partial charge in [0.1, 0.15) is 0 Å². The van der Waals surface area contributed by atoms with Gasteiger partial charge in [0.15, 0.2) is 0 Å². The quantitative estimate of drug-likeness (QED) is 0.161. The average Bonchev–Trinajstić information content (AvgIpc) is 3.89. The Morgan fingerprint density at radius 2 is 1.02 bits per heavy atom. The molecule has 2 aliphatic carbocycles. The summed E-state index contributed by atoms with van der Waals surface area (Å²) in [6, 6.07) is 62.3. The maximum absolute atomic E-state index is 14.6. The van der Waals surface area contributed by atoms with Gasteiger partial charge >= 0.3 is 6.18 Å². The van der Waals surface area contributed by atoms with Gasteiger partial charge < -0.3 is 9.80 Å². The zero-order valence-corrected chi connectivity index (χ0v) is 32.2. The topological polar surface area (TPSA) is 6.48 Å². The second kappa shape index (κ2) is 11.6. The Balaban J connectivity index is 1.14. The van der Waals surface area contributed by atoms with Crippen LogP contribution < -0.4 is 25.5 Å². The third-order valence-corrected chi connectivity index (χ3v) is 14.3. The summed E-state index contributed by atoms with van der Waals surface area (Å²) in [6.45, 7) is -0.296. The van der Waals surface area contributed by atoms with Gasteiger partial charge in [-0.3, -0.25) is 0 Å². The van der Waals surface area contributed by atoms with Crippen molar-refractivity contribution in [3.63, 3.8) is 0 Å². The molecular weight excluding hydrogens is 752 g/mol. The van der Waals surface area contributed by atoms with Crippen LogP contribution in [-0.2, 0) is 11.6 Å². The predicted molar refractivity (Wildman–Crippen MR) is 237 cm³/mol. The number of fused-ring (bicyclic) bond motifs is 16. The Hall–Kier alpha value is -6.83. The maximum Gasteiger partial charge on any atom is 0.416 e. The minimum atomic E-state index is -4.50. The molecule has 7 heteroatoms. The van der Waals surface area contributed by atoms with E-state index in [-0.39, 0.29) is 6.71 Å². The van der Waals surface area contributed by atoms with E-state index < -0.39 is 17.2 Å². The van der Waals surface area contributed by atoms with E-state index in [2.05, 4.69) is 126 Å². The van der Waals surface area contributed by atoms with E-state index in [1.165, 1.54) is 56.6 Å². The van der Waals surface area contributed by atoms with Crippen molar-refractivity contribution in [3.05, 3.63) is 210 Å². The van der Waals surface area contributed by atoms with E-state index in [1.807, 2.05) is 47.4 Å². The molecule has 9 aromatic rings. The Kier molecular flexibility index (Phi) is 6.55. The largest absolute Gasteiger partial charge is 0.416 e. The van der Waals surface area contributed by atoms with E-state index in [0.29, 0.717) is 5.69 Å². The molecular formula is C52H30BF3N2S. The molecule has 1 spiro atoms.